The summed E-state index contributed by atoms with van der Waals surface area (Å²) in [6, 6.07) is 2.10. The van der Waals surface area contributed by atoms with Crippen LogP contribution in [0.2, 0.25) is 0 Å². The van der Waals surface area contributed by atoms with E-state index >= 15 is 0 Å². The SMILES string of the molecule is COc1cc(CC(N)C2CCCCCC2)ncn1. The summed E-state index contributed by atoms with van der Waals surface area (Å²) in [6.07, 6.45) is 10.3. The van der Waals surface area contributed by atoms with Crippen LogP contribution in [-0.4, -0.2) is 23.1 Å². The van der Waals surface area contributed by atoms with Crippen LogP contribution < -0.4 is 10.5 Å². The Bertz CT molecular complexity index is 362. The number of hydrogen-bond acceptors (Lipinski definition) is 4. The van der Waals surface area contributed by atoms with Crippen LogP contribution in [0.3, 0.4) is 0 Å². The molecule has 2 rings (SSSR count). The fourth-order valence-corrected chi connectivity index (χ4v) is 2.75. The molecule has 0 bridgehead atoms. The van der Waals surface area contributed by atoms with E-state index < -0.39 is 0 Å². The van der Waals surface area contributed by atoms with Gasteiger partial charge < -0.3 is 10.5 Å². The molecule has 0 aliphatic heterocycles. The third-order valence-electron chi connectivity index (χ3n) is 3.86. The minimum absolute atomic E-state index is 0.211. The molecule has 4 nitrogen and oxygen atoms in total. The maximum absolute atomic E-state index is 6.34. The third kappa shape index (κ3) is 3.67. The van der Waals surface area contributed by atoms with Gasteiger partial charge in [0.2, 0.25) is 5.88 Å². The van der Waals surface area contributed by atoms with E-state index in [1.54, 1.807) is 13.4 Å². The van der Waals surface area contributed by atoms with Crippen LogP contribution in [0.5, 0.6) is 5.88 Å². The highest BCUT2D eigenvalue weighted by Crippen LogP contribution is 2.26. The molecule has 1 heterocycles. The molecule has 18 heavy (non-hydrogen) atoms. The zero-order valence-corrected chi connectivity index (χ0v) is 11.1. The van der Waals surface area contributed by atoms with Crippen molar-refractivity contribution in [2.75, 3.05) is 7.11 Å². The van der Waals surface area contributed by atoms with Gasteiger partial charge in [-0.2, -0.15) is 0 Å². The first kappa shape index (κ1) is 13.3. The fraction of sp³-hybridized carbons (Fsp3) is 0.714. The minimum Gasteiger partial charge on any atom is -0.481 e. The summed E-state index contributed by atoms with van der Waals surface area (Å²) >= 11 is 0. The van der Waals surface area contributed by atoms with Gasteiger partial charge >= 0.3 is 0 Å². The molecule has 0 spiro atoms. The van der Waals surface area contributed by atoms with Crippen molar-refractivity contribution in [2.24, 2.45) is 11.7 Å². The Balaban J connectivity index is 1.94. The van der Waals surface area contributed by atoms with Crippen LogP contribution in [0.15, 0.2) is 12.4 Å². The van der Waals surface area contributed by atoms with Gasteiger partial charge in [-0.15, -0.1) is 0 Å². The van der Waals surface area contributed by atoms with Crippen LogP contribution in [0.4, 0.5) is 0 Å². The van der Waals surface area contributed by atoms with Crippen molar-refractivity contribution in [1.29, 1.82) is 0 Å². The van der Waals surface area contributed by atoms with Gasteiger partial charge in [-0.1, -0.05) is 25.7 Å². The molecule has 1 saturated carbocycles. The monoisotopic (exact) mass is 249 g/mol. The standard InChI is InChI=1S/C14H23N3O/c1-18-14-9-12(16-10-17-14)8-13(15)11-6-4-2-3-5-7-11/h9-11,13H,2-8,15H2,1H3. The summed E-state index contributed by atoms with van der Waals surface area (Å²) in [7, 11) is 1.62. The van der Waals surface area contributed by atoms with Crippen molar-refractivity contribution in [3.05, 3.63) is 18.1 Å². The fourth-order valence-electron chi connectivity index (χ4n) is 2.75. The summed E-state index contributed by atoms with van der Waals surface area (Å²) in [4.78, 5) is 8.29. The van der Waals surface area contributed by atoms with Crippen LogP contribution in [-0.2, 0) is 6.42 Å². The zero-order chi connectivity index (χ0) is 12.8. The Morgan fingerprint density at radius 1 is 1.28 bits per heavy atom. The molecule has 0 aromatic carbocycles. The molecule has 100 valence electrons. The van der Waals surface area contributed by atoms with E-state index in [0.717, 1.165) is 12.1 Å². The highest BCUT2D eigenvalue weighted by molar-refractivity contribution is 5.14. The van der Waals surface area contributed by atoms with E-state index in [9.17, 15) is 0 Å². The first-order chi connectivity index (χ1) is 8.79. The summed E-state index contributed by atoms with van der Waals surface area (Å²) in [5.41, 5.74) is 7.33. The molecule has 1 aromatic heterocycles. The number of nitrogens with zero attached hydrogens (tertiary/aromatic N) is 2. The van der Waals surface area contributed by atoms with E-state index in [1.165, 1.54) is 38.5 Å². The number of aromatic nitrogens is 2. The molecule has 1 unspecified atom stereocenters. The Morgan fingerprint density at radius 3 is 2.67 bits per heavy atom. The second kappa shape index (κ2) is 6.69. The Morgan fingerprint density at radius 2 is 2.00 bits per heavy atom. The van der Waals surface area contributed by atoms with Crippen molar-refractivity contribution < 1.29 is 4.74 Å². The number of ether oxygens (including phenoxy) is 1. The predicted molar refractivity (Wildman–Crippen MR) is 71.5 cm³/mol. The lowest BCUT2D eigenvalue weighted by Gasteiger charge is -2.22. The molecule has 1 atom stereocenters. The van der Waals surface area contributed by atoms with E-state index in [1.807, 2.05) is 6.07 Å². The summed E-state index contributed by atoms with van der Waals surface area (Å²) in [5, 5.41) is 0. The molecule has 1 aromatic rings. The molecule has 4 heteroatoms. The zero-order valence-electron chi connectivity index (χ0n) is 11.1. The van der Waals surface area contributed by atoms with Crippen LogP contribution in [0, 0.1) is 5.92 Å². The Kier molecular flexibility index (Phi) is 4.93. The largest absolute Gasteiger partial charge is 0.481 e. The van der Waals surface area contributed by atoms with Crippen molar-refractivity contribution in [3.8, 4) is 5.88 Å². The van der Waals surface area contributed by atoms with Crippen molar-refractivity contribution in [2.45, 2.75) is 51.0 Å². The molecule has 0 amide bonds. The summed E-state index contributed by atoms with van der Waals surface area (Å²) < 4.78 is 5.11. The van der Waals surface area contributed by atoms with Gasteiger partial charge in [-0.25, -0.2) is 9.97 Å². The molecular weight excluding hydrogens is 226 g/mol. The summed E-state index contributed by atoms with van der Waals surface area (Å²) in [5.74, 6) is 1.27. The molecule has 0 saturated heterocycles. The van der Waals surface area contributed by atoms with Crippen molar-refractivity contribution in [1.82, 2.24) is 9.97 Å². The van der Waals surface area contributed by atoms with Crippen molar-refractivity contribution >= 4 is 0 Å². The predicted octanol–water partition coefficient (Wildman–Crippen LogP) is 2.33. The van der Waals surface area contributed by atoms with E-state index in [4.69, 9.17) is 10.5 Å². The number of hydrogen-bond donors (Lipinski definition) is 1. The maximum Gasteiger partial charge on any atom is 0.216 e. The third-order valence-corrected chi connectivity index (χ3v) is 3.86. The van der Waals surface area contributed by atoms with Gasteiger partial charge in [-0.05, 0) is 18.8 Å². The maximum atomic E-state index is 6.34. The lowest BCUT2D eigenvalue weighted by atomic mass is 9.89. The van der Waals surface area contributed by atoms with Gasteiger partial charge in [0.05, 0.1) is 7.11 Å². The highest BCUT2D eigenvalue weighted by atomic mass is 16.5. The molecule has 1 aliphatic rings. The molecule has 1 fully saturated rings. The first-order valence-corrected chi connectivity index (χ1v) is 6.90. The second-order valence-corrected chi connectivity index (χ2v) is 5.17. The van der Waals surface area contributed by atoms with Gasteiger partial charge in [0.25, 0.3) is 0 Å². The second-order valence-electron chi connectivity index (χ2n) is 5.17. The number of methoxy groups -OCH3 is 1. The van der Waals surface area contributed by atoms with Crippen LogP contribution >= 0.6 is 0 Å². The quantitative estimate of drug-likeness (QED) is 0.832. The van der Waals surface area contributed by atoms with Crippen LogP contribution in [0.1, 0.15) is 44.2 Å². The van der Waals surface area contributed by atoms with Gasteiger partial charge in [-0.3, -0.25) is 0 Å². The van der Waals surface area contributed by atoms with E-state index in [-0.39, 0.29) is 6.04 Å². The lowest BCUT2D eigenvalue weighted by molar-refractivity contribution is 0.368. The number of nitrogens with two attached hydrogens (primary N) is 1. The highest BCUT2D eigenvalue weighted by Gasteiger charge is 2.20. The molecule has 2 N–H and O–H groups in total. The average Bonchev–Trinajstić information content (AvgIpc) is 2.68. The van der Waals surface area contributed by atoms with Gasteiger partial charge in [0, 0.05) is 24.2 Å². The number of rotatable bonds is 4. The average molecular weight is 249 g/mol. The van der Waals surface area contributed by atoms with E-state index in [2.05, 4.69) is 9.97 Å². The molecule has 1 aliphatic carbocycles. The minimum atomic E-state index is 0.211. The Labute approximate surface area is 109 Å². The normalized spacial score (nSPS) is 19.2. The van der Waals surface area contributed by atoms with E-state index in [0.29, 0.717) is 11.8 Å². The first-order valence-electron chi connectivity index (χ1n) is 6.90. The topological polar surface area (TPSA) is 61.0 Å². The molecule has 0 radical (unpaired) electrons. The van der Waals surface area contributed by atoms with Gasteiger partial charge in [0.1, 0.15) is 6.33 Å². The van der Waals surface area contributed by atoms with Crippen molar-refractivity contribution in [3.63, 3.8) is 0 Å². The van der Waals surface area contributed by atoms with Crippen LogP contribution in [0.25, 0.3) is 0 Å². The lowest BCUT2D eigenvalue weighted by Crippen LogP contribution is -2.32. The molecular formula is C14H23N3O. The smallest absolute Gasteiger partial charge is 0.216 e. The van der Waals surface area contributed by atoms with Gasteiger partial charge in [0.15, 0.2) is 0 Å². The summed E-state index contributed by atoms with van der Waals surface area (Å²) in [6.45, 7) is 0. The Hall–Kier alpha value is -1.16.